The van der Waals surface area contributed by atoms with Gasteiger partial charge >= 0.3 is 5.97 Å². The van der Waals surface area contributed by atoms with Gasteiger partial charge in [-0.1, -0.05) is 56.0 Å². The number of hydrogen-bond donors (Lipinski definition) is 2. The monoisotopic (exact) mass is 489 g/mol. The zero-order valence-electron chi connectivity index (χ0n) is 20.4. The van der Waals surface area contributed by atoms with Crippen LogP contribution in [0.5, 0.6) is 5.75 Å². The second-order valence-electron chi connectivity index (χ2n) is 9.48. The van der Waals surface area contributed by atoms with Gasteiger partial charge < -0.3 is 19.6 Å². The van der Waals surface area contributed by atoms with Gasteiger partial charge in [-0.15, -0.1) is 0 Å². The maximum Gasteiger partial charge on any atom is 0.306 e. The summed E-state index contributed by atoms with van der Waals surface area (Å²) in [6.45, 7) is -0.423. The third-order valence-corrected chi connectivity index (χ3v) is 7.22. The fourth-order valence-electron chi connectivity index (χ4n) is 5.25. The Bertz CT molecular complexity index is 1260. The SMILES string of the molecule is COc1ccc(C2C(O)C(c3c[nH]c4ccccc34)=NN2C(=O)COC(=O)CCC2CCCC2)cc1. The smallest absolute Gasteiger partial charge is 0.306 e. The summed E-state index contributed by atoms with van der Waals surface area (Å²) in [5.41, 5.74) is 2.71. The van der Waals surface area contributed by atoms with Crippen LogP contribution in [0.1, 0.15) is 55.7 Å². The number of hydrazone groups is 1. The third-order valence-electron chi connectivity index (χ3n) is 7.22. The standard InChI is InChI=1S/C28H31N3O5/c1-35-20-13-11-19(12-14-20)27-28(34)26(22-16-29-23-9-5-4-8-21(22)23)30-31(27)24(32)17-36-25(33)15-10-18-6-2-3-7-18/h4-5,8-9,11-14,16,18,27-29,34H,2-3,6-7,10,15,17H2,1H3. The number of aromatic nitrogens is 1. The van der Waals surface area contributed by atoms with Crippen molar-refractivity contribution >= 4 is 28.5 Å². The molecule has 0 saturated heterocycles. The number of ether oxygens (including phenoxy) is 2. The average Bonchev–Trinajstić information content (AvgIpc) is 3.65. The number of fused-ring (bicyclic) bond motifs is 1. The van der Waals surface area contributed by atoms with Crippen molar-refractivity contribution in [3.8, 4) is 5.75 Å². The lowest BCUT2D eigenvalue weighted by molar-refractivity contribution is -0.153. The maximum atomic E-state index is 13.2. The van der Waals surface area contributed by atoms with Gasteiger partial charge in [0.25, 0.3) is 5.91 Å². The summed E-state index contributed by atoms with van der Waals surface area (Å²) < 4.78 is 10.6. The summed E-state index contributed by atoms with van der Waals surface area (Å²) in [6, 6.07) is 14.1. The number of rotatable bonds is 8. The first-order chi connectivity index (χ1) is 17.5. The molecule has 36 heavy (non-hydrogen) atoms. The fraction of sp³-hybridized carbons (Fsp3) is 0.393. The van der Waals surface area contributed by atoms with E-state index in [1.807, 2.05) is 24.3 Å². The van der Waals surface area contributed by atoms with Crippen molar-refractivity contribution in [2.75, 3.05) is 13.7 Å². The van der Waals surface area contributed by atoms with E-state index < -0.39 is 24.7 Å². The topological polar surface area (TPSA) is 104 Å². The van der Waals surface area contributed by atoms with Crippen LogP contribution < -0.4 is 4.74 Å². The molecule has 188 valence electrons. The number of benzene rings is 2. The minimum absolute atomic E-state index is 0.312. The van der Waals surface area contributed by atoms with E-state index in [-0.39, 0.29) is 5.97 Å². The van der Waals surface area contributed by atoms with Crippen LogP contribution in [0.15, 0.2) is 59.8 Å². The van der Waals surface area contributed by atoms with E-state index in [2.05, 4.69) is 10.1 Å². The molecule has 5 rings (SSSR count). The average molecular weight is 490 g/mol. The van der Waals surface area contributed by atoms with Gasteiger partial charge in [-0.05, 0) is 36.1 Å². The predicted octanol–water partition coefficient (Wildman–Crippen LogP) is 4.34. The minimum atomic E-state index is -1.07. The molecule has 1 aliphatic heterocycles. The van der Waals surface area contributed by atoms with Crippen LogP contribution in [0, 0.1) is 5.92 Å². The van der Waals surface area contributed by atoms with E-state index >= 15 is 0 Å². The highest BCUT2D eigenvalue weighted by Gasteiger charge is 2.42. The Morgan fingerprint density at radius 3 is 2.61 bits per heavy atom. The van der Waals surface area contributed by atoms with Crippen molar-refractivity contribution in [2.45, 2.75) is 50.7 Å². The number of H-pyrrole nitrogens is 1. The molecule has 2 atom stereocenters. The number of nitrogens with zero attached hydrogens (tertiary/aromatic N) is 2. The van der Waals surface area contributed by atoms with E-state index in [4.69, 9.17) is 9.47 Å². The molecule has 0 spiro atoms. The summed E-state index contributed by atoms with van der Waals surface area (Å²) >= 11 is 0. The van der Waals surface area contributed by atoms with Crippen LogP contribution in [0.2, 0.25) is 0 Å². The fourth-order valence-corrected chi connectivity index (χ4v) is 5.25. The zero-order valence-corrected chi connectivity index (χ0v) is 20.4. The van der Waals surface area contributed by atoms with Crippen molar-refractivity contribution in [3.05, 3.63) is 65.9 Å². The lowest BCUT2D eigenvalue weighted by Gasteiger charge is -2.24. The number of aromatic amines is 1. The Kier molecular flexibility index (Phi) is 7.04. The highest BCUT2D eigenvalue weighted by atomic mass is 16.5. The molecule has 2 unspecified atom stereocenters. The highest BCUT2D eigenvalue weighted by molar-refractivity contribution is 6.14. The number of aliphatic hydroxyl groups is 1. The number of esters is 1. The molecule has 8 heteroatoms. The van der Waals surface area contributed by atoms with Crippen molar-refractivity contribution in [3.63, 3.8) is 0 Å². The van der Waals surface area contributed by atoms with Gasteiger partial charge in [0, 0.05) is 29.1 Å². The number of aliphatic hydroxyl groups excluding tert-OH is 1. The van der Waals surface area contributed by atoms with Crippen LogP contribution in [0.4, 0.5) is 0 Å². The van der Waals surface area contributed by atoms with Gasteiger partial charge in [-0.3, -0.25) is 9.59 Å². The van der Waals surface area contributed by atoms with E-state index in [1.54, 1.807) is 37.6 Å². The van der Waals surface area contributed by atoms with E-state index in [0.29, 0.717) is 29.4 Å². The highest BCUT2D eigenvalue weighted by Crippen LogP contribution is 2.36. The van der Waals surface area contributed by atoms with Gasteiger partial charge in [0.05, 0.1) is 7.11 Å². The van der Waals surface area contributed by atoms with Crippen LogP contribution >= 0.6 is 0 Å². The second kappa shape index (κ2) is 10.5. The third kappa shape index (κ3) is 4.86. The van der Waals surface area contributed by atoms with Crippen LogP contribution in [0.25, 0.3) is 10.9 Å². The number of carbonyl (C=O) groups is 2. The first-order valence-electron chi connectivity index (χ1n) is 12.5. The summed E-state index contributed by atoms with van der Waals surface area (Å²) in [5.74, 6) is 0.374. The summed E-state index contributed by atoms with van der Waals surface area (Å²) in [4.78, 5) is 28.7. The molecule has 2 aliphatic rings. The number of nitrogens with one attached hydrogen (secondary N) is 1. The quantitative estimate of drug-likeness (QED) is 0.458. The lowest BCUT2D eigenvalue weighted by Crippen LogP contribution is -2.36. The number of amides is 1. The van der Waals surface area contributed by atoms with Crippen molar-refractivity contribution < 1.29 is 24.2 Å². The van der Waals surface area contributed by atoms with Gasteiger partial charge in [-0.2, -0.15) is 5.10 Å². The largest absolute Gasteiger partial charge is 0.497 e. The van der Waals surface area contributed by atoms with Gasteiger partial charge in [0.2, 0.25) is 0 Å². The molecule has 1 aromatic heterocycles. The van der Waals surface area contributed by atoms with Crippen molar-refractivity contribution in [1.82, 2.24) is 9.99 Å². The van der Waals surface area contributed by atoms with Gasteiger partial charge in [-0.25, -0.2) is 5.01 Å². The molecular formula is C28H31N3O5. The summed E-state index contributed by atoms with van der Waals surface area (Å²) in [7, 11) is 1.58. The molecule has 1 saturated carbocycles. The lowest BCUT2D eigenvalue weighted by atomic mass is 9.95. The molecule has 0 bridgehead atoms. The maximum absolute atomic E-state index is 13.2. The molecule has 1 amide bonds. The molecule has 1 aliphatic carbocycles. The van der Waals surface area contributed by atoms with Gasteiger partial charge in [0.15, 0.2) is 6.61 Å². The molecule has 0 radical (unpaired) electrons. The number of para-hydroxylation sites is 1. The number of methoxy groups -OCH3 is 1. The molecular weight excluding hydrogens is 458 g/mol. The number of hydrogen-bond acceptors (Lipinski definition) is 6. The van der Waals surface area contributed by atoms with E-state index in [0.717, 1.165) is 35.7 Å². The van der Waals surface area contributed by atoms with Crippen molar-refractivity contribution in [2.24, 2.45) is 11.0 Å². The first kappa shape index (κ1) is 24.1. The molecule has 2 N–H and O–H groups in total. The Hall–Kier alpha value is -3.65. The number of carbonyl (C=O) groups excluding carboxylic acids is 2. The normalized spacial score (nSPS) is 20.1. The van der Waals surface area contributed by atoms with Crippen LogP contribution in [-0.2, 0) is 14.3 Å². The van der Waals surface area contributed by atoms with E-state index in [1.165, 1.54) is 17.9 Å². The van der Waals surface area contributed by atoms with Crippen LogP contribution in [0.3, 0.4) is 0 Å². The van der Waals surface area contributed by atoms with Crippen LogP contribution in [-0.4, -0.2) is 52.5 Å². The van der Waals surface area contributed by atoms with Gasteiger partial charge in [0.1, 0.15) is 23.6 Å². The molecule has 8 nitrogen and oxygen atoms in total. The molecule has 2 heterocycles. The molecule has 2 aromatic carbocycles. The Balaban J connectivity index is 1.36. The Morgan fingerprint density at radius 2 is 1.86 bits per heavy atom. The Labute approximate surface area is 209 Å². The zero-order chi connectivity index (χ0) is 25.1. The second-order valence-corrected chi connectivity index (χ2v) is 9.48. The molecule has 3 aromatic rings. The predicted molar refractivity (Wildman–Crippen MR) is 136 cm³/mol. The summed E-state index contributed by atoms with van der Waals surface area (Å²) in [6.07, 6.45) is 6.59. The summed E-state index contributed by atoms with van der Waals surface area (Å²) in [5, 5.41) is 18.1. The minimum Gasteiger partial charge on any atom is -0.497 e. The Morgan fingerprint density at radius 1 is 1.11 bits per heavy atom. The first-order valence-corrected chi connectivity index (χ1v) is 12.5. The molecule has 1 fully saturated rings. The van der Waals surface area contributed by atoms with E-state index in [9.17, 15) is 14.7 Å². The van der Waals surface area contributed by atoms with Crippen molar-refractivity contribution in [1.29, 1.82) is 0 Å².